The molecule has 0 spiro atoms. The highest BCUT2D eigenvalue weighted by atomic mass is 32.2. The standard InChI is InChI=1S/C21H22O7S/c1-12-6-8-14(9-7-12)29(24,25)28-17-10-16-19(15(23)11-21(3,4)27-16)20(26-5)18(17)13(2)22/h6-10H,11H2,1-5H3. The normalized spacial score (nSPS) is 15.3. The number of rotatable bonds is 5. The lowest BCUT2D eigenvalue weighted by Crippen LogP contribution is -2.36. The van der Waals surface area contributed by atoms with Crippen LogP contribution in [0.1, 0.15) is 53.5 Å². The van der Waals surface area contributed by atoms with Crippen LogP contribution in [0.3, 0.4) is 0 Å². The van der Waals surface area contributed by atoms with Crippen molar-refractivity contribution in [2.75, 3.05) is 7.11 Å². The van der Waals surface area contributed by atoms with Gasteiger partial charge in [-0.15, -0.1) is 0 Å². The Morgan fingerprint density at radius 1 is 1.17 bits per heavy atom. The average Bonchev–Trinajstić information content (AvgIpc) is 2.59. The molecule has 0 bridgehead atoms. The summed E-state index contributed by atoms with van der Waals surface area (Å²) in [6, 6.07) is 7.37. The van der Waals surface area contributed by atoms with E-state index in [9.17, 15) is 18.0 Å². The predicted octanol–water partition coefficient (Wildman–Crippen LogP) is 3.72. The molecule has 29 heavy (non-hydrogen) atoms. The largest absolute Gasteiger partial charge is 0.495 e. The molecule has 8 heteroatoms. The second-order valence-electron chi connectivity index (χ2n) is 7.52. The molecule has 0 aromatic heterocycles. The Morgan fingerprint density at radius 3 is 2.34 bits per heavy atom. The molecule has 0 saturated carbocycles. The second-order valence-corrected chi connectivity index (χ2v) is 9.07. The molecule has 0 aliphatic carbocycles. The van der Waals surface area contributed by atoms with Gasteiger partial charge in [-0.2, -0.15) is 8.42 Å². The smallest absolute Gasteiger partial charge is 0.339 e. The third-order valence-electron chi connectivity index (χ3n) is 4.53. The van der Waals surface area contributed by atoms with E-state index < -0.39 is 21.5 Å². The highest BCUT2D eigenvalue weighted by molar-refractivity contribution is 7.87. The molecule has 7 nitrogen and oxygen atoms in total. The van der Waals surface area contributed by atoms with Gasteiger partial charge in [0, 0.05) is 6.07 Å². The van der Waals surface area contributed by atoms with E-state index in [4.69, 9.17) is 13.7 Å². The number of benzene rings is 2. The molecule has 3 rings (SSSR count). The third-order valence-corrected chi connectivity index (χ3v) is 5.77. The van der Waals surface area contributed by atoms with Crippen LogP contribution in [0, 0.1) is 6.92 Å². The van der Waals surface area contributed by atoms with Crippen molar-refractivity contribution < 1.29 is 31.7 Å². The minimum atomic E-state index is -4.23. The molecule has 0 atom stereocenters. The first-order chi connectivity index (χ1) is 13.4. The van der Waals surface area contributed by atoms with E-state index in [0.29, 0.717) is 0 Å². The first-order valence-electron chi connectivity index (χ1n) is 8.94. The highest BCUT2D eigenvalue weighted by Gasteiger charge is 2.38. The van der Waals surface area contributed by atoms with Gasteiger partial charge in [0.15, 0.2) is 17.3 Å². The number of methoxy groups -OCH3 is 1. The van der Waals surface area contributed by atoms with Crippen molar-refractivity contribution in [3.63, 3.8) is 0 Å². The van der Waals surface area contributed by atoms with Crippen LogP contribution in [0.25, 0.3) is 0 Å². The van der Waals surface area contributed by atoms with Crippen molar-refractivity contribution in [3.8, 4) is 17.2 Å². The fourth-order valence-electron chi connectivity index (χ4n) is 3.24. The van der Waals surface area contributed by atoms with Gasteiger partial charge in [-0.25, -0.2) is 0 Å². The van der Waals surface area contributed by atoms with Crippen LogP contribution in [0.15, 0.2) is 35.2 Å². The zero-order valence-corrected chi connectivity index (χ0v) is 17.7. The summed E-state index contributed by atoms with van der Waals surface area (Å²) in [6.45, 7) is 6.55. The summed E-state index contributed by atoms with van der Waals surface area (Å²) in [5, 5.41) is 0. The van der Waals surface area contributed by atoms with Crippen LogP contribution in [0.5, 0.6) is 17.2 Å². The average molecular weight is 418 g/mol. The number of carbonyl (C=O) groups excluding carboxylic acids is 2. The minimum Gasteiger partial charge on any atom is -0.495 e. The van der Waals surface area contributed by atoms with Crippen molar-refractivity contribution >= 4 is 21.7 Å². The zero-order chi connectivity index (χ0) is 21.6. The van der Waals surface area contributed by atoms with E-state index in [2.05, 4.69) is 0 Å². The summed E-state index contributed by atoms with van der Waals surface area (Å²) in [5.74, 6) is -0.953. The molecule has 0 unspecified atom stereocenters. The number of carbonyl (C=O) groups is 2. The lowest BCUT2D eigenvalue weighted by atomic mass is 9.90. The first kappa shape index (κ1) is 20.9. The number of ether oxygens (including phenoxy) is 2. The van der Waals surface area contributed by atoms with Gasteiger partial charge in [-0.05, 0) is 39.8 Å². The van der Waals surface area contributed by atoms with E-state index in [-0.39, 0.29) is 45.5 Å². The third kappa shape index (κ3) is 3.98. The van der Waals surface area contributed by atoms with Gasteiger partial charge in [0.1, 0.15) is 33.1 Å². The molecular weight excluding hydrogens is 396 g/mol. The molecule has 1 aliphatic rings. The molecule has 0 amide bonds. The number of hydrogen-bond donors (Lipinski definition) is 0. The molecule has 1 heterocycles. The Balaban J connectivity index is 2.19. The molecule has 0 radical (unpaired) electrons. The van der Waals surface area contributed by atoms with E-state index in [0.717, 1.165) is 5.56 Å². The van der Waals surface area contributed by atoms with Gasteiger partial charge in [0.05, 0.1) is 13.5 Å². The Hall–Kier alpha value is -2.87. The number of Topliss-reactive ketones (excluding diaryl/α,β-unsaturated/α-hetero) is 2. The molecule has 1 aliphatic heterocycles. The van der Waals surface area contributed by atoms with Crippen LogP contribution in [0.2, 0.25) is 0 Å². The van der Waals surface area contributed by atoms with Crippen molar-refractivity contribution in [2.24, 2.45) is 0 Å². The number of fused-ring (bicyclic) bond motifs is 1. The minimum absolute atomic E-state index is 0.0513. The Labute approximate surface area is 169 Å². The Morgan fingerprint density at radius 2 is 1.79 bits per heavy atom. The van der Waals surface area contributed by atoms with Gasteiger partial charge in [-0.1, -0.05) is 17.7 Å². The molecule has 0 N–H and O–H groups in total. The van der Waals surface area contributed by atoms with Crippen molar-refractivity contribution in [1.29, 1.82) is 0 Å². The molecule has 154 valence electrons. The van der Waals surface area contributed by atoms with Crippen molar-refractivity contribution in [1.82, 2.24) is 0 Å². The molecule has 0 fully saturated rings. The number of hydrogen-bond acceptors (Lipinski definition) is 7. The van der Waals surface area contributed by atoms with Crippen LogP contribution < -0.4 is 13.7 Å². The van der Waals surface area contributed by atoms with Gasteiger partial charge in [0.25, 0.3) is 0 Å². The Bertz CT molecular complexity index is 1100. The van der Waals surface area contributed by atoms with Gasteiger partial charge >= 0.3 is 10.1 Å². The van der Waals surface area contributed by atoms with Crippen LogP contribution in [0.4, 0.5) is 0 Å². The lowest BCUT2D eigenvalue weighted by molar-refractivity contribution is 0.0613. The van der Waals surface area contributed by atoms with Gasteiger partial charge in [-0.3, -0.25) is 9.59 Å². The Kier molecular flexibility index (Phi) is 5.17. The van der Waals surface area contributed by atoms with Crippen molar-refractivity contribution in [3.05, 3.63) is 47.0 Å². The molecule has 2 aromatic rings. The molecular formula is C21H22O7S. The zero-order valence-electron chi connectivity index (χ0n) is 16.9. The SMILES string of the molecule is COc1c(C(C)=O)c(OS(=O)(=O)c2ccc(C)cc2)cc2c1C(=O)CC(C)(C)O2. The van der Waals surface area contributed by atoms with Crippen LogP contribution in [-0.2, 0) is 10.1 Å². The fourth-order valence-corrected chi connectivity index (χ4v) is 4.17. The molecule has 0 saturated heterocycles. The maximum atomic E-state index is 12.8. The lowest BCUT2D eigenvalue weighted by Gasteiger charge is -2.33. The second kappa shape index (κ2) is 7.18. The fraction of sp³-hybridized carbons (Fsp3) is 0.333. The quantitative estimate of drug-likeness (QED) is 0.539. The van der Waals surface area contributed by atoms with Crippen molar-refractivity contribution in [2.45, 2.75) is 44.6 Å². The number of aryl methyl sites for hydroxylation is 1. The van der Waals surface area contributed by atoms with E-state index in [1.807, 2.05) is 6.92 Å². The first-order valence-corrected chi connectivity index (χ1v) is 10.4. The predicted molar refractivity (Wildman–Crippen MR) is 106 cm³/mol. The summed E-state index contributed by atoms with van der Waals surface area (Å²) < 4.78 is 42.0. The summed E-state index contributed by atoms with van der Waals surface area (Å²) in [4.78, 5) is 24.9. The summed E-state index contributed by atoms with van der Waals surface area (Å²) in [7, 11) is -2.93. The van der Waals surface area contributed by atoms with Gasteiger partial charge in [0.2, 0.25) is 0 Å². The molecule has 2 aromatic carbocycles. The topological polar surface area (TPSA) is 96.0 Å². The summed E-state index contributed by atoms with van der Waals surface area (Å²) in [6.07, 6.45) is 0.0928. The highest BCUT2D eigenvalue weighted by Crippen LogP contribution is 2.45. The van der Waals surface area contributed by atoms with E-state index in [1.165, 1.54) is 32.2 Å². The van der Waals surface area contributed by atoms with Crippen LogP contribution >= 0.6 is 0 Å². The van der Waals surface area contributed by atoms with Crippen LogP contribution in [-0.4, -0.2) is 32.7 Å². The van der Waals surface area contributed by atoms with E-state index >= 15 is 0 Å². The maximum absolute atomic E-state index is 12.8. The van der Waals surface area contributed by atoms with E-state index in [1.54, 1.807) is 26.0 Å². The number of ketones is 2. The van der Waals surface area contributed by atoms with Gasteiger partial charge < -0.3 is 13.7 Å². The maximum Gasteiger partial charge on any atom is 0.339 e. The summed E-state index contributed by atoms with van der Waals surface area (Å²) >= 11 is 0. The monoisotopic (exact) mass is 418 g/mol. The summed E-state index contributed by atoms with van der Waals surface area (Å²) in [5.41, 5.74) is 0.0774.